The van der Waals surface area contributed by atoms with Gasteiger partial charge in [-0.1, -0.05) is 12.1 Å². The van der Waals surface area contributed by atoms with Gasteiger partial charge in [-0.3, -0.25) is 14.5 Å². The number of aryl methyl sites for hydroxylation is 1. The zero-order valence-corrected chi connectivity index (χ0v) is 18.4. The second-order valence-electron chi connectivity index (χ2n) is 7.77. The Morgan fingerprint density at radius 1 is 1.03 bits per heavy atom. The van der Waals surface area contributed by atoms with Crippen molar-refractivity contribution < 1.29 is 33.3 Å². The highest BCUT2D eigenvalue weighted by Gasteiger charge is 2.47. The lowest BCUT2D eigenvalue weighted by atomic mass is 9.94. The maximum absolute atomic E-state index is 14.7. The second-order valence-corrected chi connectivity index (χ2v) is 7.77. The number of aliphatic hydroxyl groups is 1. The Labute approximate surface area is 194 Å². The summed E-state index contributed by atoms with van der Waals surface area (Å²) in [7, 11) is 0. The van der Waals surface area contributed by atoms with Crippen molar-refractivity contribution in [1.29, 1.82) is 0 Å². The predicted molar refractivity (Wildman–Crippen MR) is 122 cm³/mol. The van der Waals surface area contributed by atoms with E-state index in [-0.39, 0.29) is 22.6 Å². The molecule has 174 valence electrons. The van der Waals surface area contributed by atoms with Crippen LogP contribution in [-0.4, -0.2) is 28.5 Å². The number of aliphatic hydroxyl groups excluding tert-OH is 1. The standard InChI is InChI=1S/C26H21F2NO5/c1-3-34-21-11-6-16(12-14(21)2)24(31)22-23(15-4-8-18(30)9-5-15)29(26(33)25(22)32)20-10-7-17(27)13-19(20)28/h4-13,23,30-31H,3H2,1-2H3/b24-22+. The van der Waals surface area contributed by atoms with E-state index in [1.807, 2.05) is 6.92 Å². The number of aromatic hydroxyl groups is 1. The minimum Gasteiger partial charge on any atom is -0.508 e. The average molecular weight is 465 g/mol. The Kier molecular flexibility index (Phi) is 6.06. The molecule has 0 bridgehead atoms. The molecule has 1 fully saturated rings. The lowest BCUT2D eigenvalue weighted by molar-refractivity contribution is -0.132. The number of phenols is 1. The quantitative estimate of drug-likeness (QED) is 0.315. The summed E-state index contributed by atoms with van der Waals surface area (Å²) in [6.45, 7) is 4.05. The molecule has 0 saturated carbocycles. The number of benzene rings is 3. The van der Waals surface area contributed by atoms with Crippen LogP contribution in [0.25, 0.3) is 5.76 Å². The summed E-state index contributed by atoms with van der Waals surface area (Å²) in [6, 6.07) is 11.8. The van der Waals surface area contributed by atoms with Crippen molar-refractivity contribution in [1.82, 2.24) is 0 Å². The molecular weight excluding hydrogens is 444 g/mol. The molecule has 1 atom stereocenters. The van der Waals surface area contributed by atoms with Crippen molar-refractivity contribution in [3.05, 3.63) is 94.6 Å². The summed E-state index contributed by atoms with van der Waals surface area (Å²) in [6.07, 6.45) is 0. The molecule has 2 N–H and O–H groups in total. The predicted octanol–water partition coefficient (Wildman–Crippen LogP) is 5.00. The van der Waals surface area contributed by atoms with Gasteiger partial charge < -0.3 is 14.9 Å². The summed E-state index contributed by atoms with van der Waals surface area (Å²) in [4.78, 5) is 27.0. The minimum atomic E-state index is -1.22. The Morgan fingerprint density at radius 2 is 1.74 bits per heavy atom. The largest absolute Gasteiger partial charge is 0.508 e. The van der Waals surface area contributed by atoms with Gasteiger partial charge in [0.15, 0.2) is 0 Å². The van der Waals surface area contributed by atoms with Crippen LogP contribution in [0.15, 0.2) is 66.2 Å². The number of halogens is 2. The highest BCUT2D eigenvalue weighted by molar-refractivity contribution is 6.51. The lowest BCUT2D eigenvalue weighted by Gasteiger charge is -2.26. The average Bonchev–Trinajstić information content (AvgIpc) is 3.06. The van der Waals surface area contributed by atoms with Gasteiger partial charge in [-0.15, -0.1) is 0 Å². The fraction of sp³-hybridized carbons (Fsp3) is 0.154. The molecule has 1 unspecified atom stereocenters. The van der Waals surface area contributed by atoms with Crippen molar-refractivity contribution in [2.75, 3.05) is 11.5 Å². The Balaban J connectivity index is 1.93. The highest BCUT2D eigenvalue weighted by Crippen LogP contribution is 2.43. The molecule has 0 radical (unpaired) electrons. The molecule has 1 amide bonds. The Hall–Kier alpha value is -4.20. The number of amides is 1. The third-order valence-electron chi connectivity index (χ3n) is 5.57. The van der Waals surface area contributed by atoms with Gasteiger partial charge in [0.2, 0.25) is 0 Å². The van der Waals surface area contributed by atoms with Gasteiger partial charge in [0.05, 0.1) is 23.9 Å². The Bertz CT molecular complexity index is 1320. The van der Waals surface area contributed by atoms with Gasteiger partial charge in [-0.25, -0.2) is 8.78 Å². The summed E-state index contributed by atoms with van der Waals surface area (Å²) < 4.78 is 33.7. The van der Waals surface area contributed by atoms with Crippen LogP contribution in [0.2, 0.25) is 0 Å². The second kappa shape index (κ2) is 8.97. The first kappa shape index (κ1) is 23.0. The number of rotatable bonds is 5. The molecule has 34 heavy (non-hydrogen) atoms. The number of Topliss-reactive ketones (excluding diaryl/α,β-unsaturated/α-hetero) is 1. The smallest absolute Gasteiger partial charge is 0.300 e. The van der Waals surface area contributed by atoms with Crippen LogP contribution >= 0.6 is 0 Å². The Morgan fingerprint density at radius 3 is 2.35 bits per heavy atom. The van der Waals surface area contributed by atoms with Gasteiger partial charge in [0.25, 0.3) is 11.7 Å². The van der Waals surface area contributed by atoms with Crippen LogP contribution in [0.1, 0.15) is 29.7 Å². The van der Waals surface area contributed by atoms with Crippen LogP contribution in [0, 0.1) is 18.6 Å². The van der Waals surface area contributed by atoms with E-state index in [1.165, 1.54) is 24.3 Å². The molecule has 1 saturated heterocycles. The van der Waals surface area contributed by atoms with Gasteiger partial charge in [0, 0.05) is 11.6 Å². The van der Waals surface area contributed by atoms with E-state index in [0.717, 1.165) is 17.0 Å². The third kappa shape index (κ3) is 3.98. The number of hydrogen-bond donors (Lipinski definition) is 2. The topological polar surface area (TPSA) is 87.1 Å². The van der Waals surface area contributed by atoms with Crippen molar-refractivity contribution >= 4 is 23.1 Å². The SMILES string of the molecule is CCOc1ccc(/C(O)=C2\C(=O)C(=O)N(c3ccc(F)cc3F)C2c2ccc(O)cc2)cc1C. The van der Waals surface area contributed by atoms with Crippen molar-refractivity contribution in [3.63, 3.8) is 0 Å². The number of ether oxygens (including phenoxy) is 1. The summed E-state index contributed by atoms with van der Waals surface area (Å²) in [5.74, 6) is -3.89. The van der Waals surface area contributed by atoms with Gasteiger partial charge in [0.1, 0.15) is 28.9 Å². The normalized spacial score (nSPS) is 17.3. The fourth-order valence-corrected chi connectivity index (χ4v) is 4.00. The maximum Gasteiger partial charge on any atom is 0.300 e. The first-order valence-corrected chi connectivity index (χ1v) is 10.5. The number of hydrogen-bond acceptors (Lipinski definition) is 5. The third-order valence-corrected chi connectivity index (χ3v) is 5.57. The van der Waals surface area contributed by atoms with Crippen LogP contribution in [-0.2, 0) is 9.59 Å². The van der Waals surface area contributed by atoms with Gasteiger partial charge in [-0.2, -0.15) is 0 Å². The number of ketones is 1. The summed E-state index contributed by atoms with van der Waals surface area (Å²) in [5.41, 5.74) is 0.726. The monoisotopic (exact) mass is 465 g/mol. The number of carbonyl (C=O) groups is 2. The first-order valence-electron chi connectivity index (χ1n) is 10.5. The maximum atomic E-state index is 14.7. The van der Waals surface area contributed by atoms with E-state index in [2.05, 4.69) is 0 Å². The number of anilines is 1. The van der Waals surface area contributed by atoms with Crippen LogP contribution in [0.5, 0.6) is 11.5 Å². The van der Waals surface area contributed by atoms with E-state index >= 15 is 0 Å². The molecule has 0 aromatic heterocycles. The van der Waals surface area contributed by atoms with E-state index in [0.29, 0.717) is 29.5 Å². The molecular formula is C26H21F2NO5. The highest BCUT2D eigenvalue weighted by atomic mass is 19.1. The van der Waals surface area contributed by atoms with Crippen molar-refractivity contribution in [3.8, 4) is 11.5 Å². The zero-order chi connectivity index (χ0) is 24.6. The van der Waals surface area contributed by atoms with E-state index < -0.39 is 35.1 Å². The van der Waals surface area contributed by atoms with Gasteiger partial charge in [-0.05, 0) is 67.4 Å². The fourth-order valence-electron chi connectivity index (χ4n) is 4.00. The number of carbonyl (C=O) groups excluding carboxylic acids is 2. The molecule has 4 rings (SSSR count). The summed E-state index contributed by atoms with van der Waals surface area (Å²) >= 11 is 0. The van der Waals surface area contributed by atoms with Crippen LogP contribution in [0.4, 0.5) is 14.5 Å². The van der Waals surface area contributed by atoms with Crippen molar-refractivity contribution in [2.45, 2.75) is 19.9 Å². The first-order chi connectivity index (χ1) is 16.2. The minimum absolute atomic E-state index is 0.0594. The molecule has 8 heteroatoms. The molecule has 0 aliphatic carbocycles. The van der Waals surface area contributed by atoms with Crippen molar-refractivity contribution in [2.24, 2.45) is 0 Å². The molecule has 3 aromatic rings. The van der Waals surface area contributed by atoms with Crippen LogP contribution < -0.4 is 9.64 Å². The number of nitrogens with zero attached hydrogens (tertiary/aromatic N) is 1. The lowest BCUT2D eigenvalue weighted by Crippen LogP contribution is -2.30. The van der Waals surface area contributed by atoms with E-state index in [1.54, 1.807) is 25.1 Å². The molecule has 1 heterocycles. The van der Waals surface area contributed by atoms with E-state index in [4.69, 9.17) is 4.74 Å². The summed E-state index contributed by atoms with van der Waals surface area (Å²) in [5, 5.41) is 20.8. The number of phenolic OH excluding ortho intramolecular Hbond substituents is 1. The molecule has 6 nitrogen and oxygen atoms in total. The van der Waals surface area contributed by atoms with Crippen LogP contribution in [0.3, 0.4) is 0 Å². The zero-order valence-electron chi connectivity index (χ0n) is 18.4. The molecule has 3 aromatic carbocycles. The molecule has 0 spiro atoms. The van der Waals surface area contributed by atoms with Gasteiger partial charge >= 0.3 is 0 Å². The molecule has 1 aliphatic rings. The van der Waals surface area contributed by atoms with E-state index in [9.17, 15) is 28.6 Å². The molecule has 1 aliphatic heterocycles.